The molecule has 1 aromatic carbocycles. The lowest BCUT2D eigenvalue weighted by Gasteiger charge is -2.67. The standard InChI is InChI=1S/C50H85N3/c1-3-43(4-2)44-30-32-45(33-31-44)46(48(51)36-23-17-11-8-9-12-18-24-37-48)34-29-35-47(42-46,50(53)40-27-21-15-10-16-22-28-41-50)49(52)38-25-19-13-6-5-7-14-20-26-39-49/h3-4,30-33H,1,5-29,34-42,51-53H2,2H3/b43-4+. The van der Waals surface area contributed by atoms with E-state index < -0.39 is 0 Å². The lowest BCUT2D eigenvalue weighted by Crippen LogP contribution is -2.74. The van der Waals surface area contributed by atoms with E-state index in [4.69, 9.17) is 17.2 Å². The molecule has 0 aliphatic heterocycles. The highest BCUT2D eigenvalue weighted by Gasteiger charge is 2.65. The zero-order valence-corrected chi connectivity index (χ0v) is 34.9. The summed E-state index contributed by atoms with van der Waals surface area (Å²) in [7, 11) is 0. The summed E-state index contributed by atoms with van der Waals surface area (Å²) < 4.78 is 0. The van der Waals surface area contributed by atoms with Crippen LogP contribution in [0.5, 0.6) is 0 Å². The Morgan fingerprint density at radius 2 is 0.792 bits per heavy atom. The van der Waals surface area contributed by atoms with Crippen molar-refractivity contribution in [1.29, 1.82) is 0 Å². The smallest absolute Gasteiger partial charge is 0.0252 e. The summed E-state index contributed by atoms with van der Waals surface area (Å²) >= 11 is 0. The Morgan fingerprint density at radius 3 is 1.13 bits per heavy atom. The van der Waals surface area contributed by atoms with E-state index in [1.54, 1.807) is 0 Å². The molecule has 5 rings (SSSR count). The third kappa shape index (κ3) is 10.1. The third-order valence-corrected chi connectivity index (χ3v) is 16.0. The van der Waals surface area contributed by atoms with Crippen LogP contribution in [0.4, 0.5) is 0 Å². The minimum atomic E-state index is -0.277. The van der Waals surface area contributed by atoms with Crippen LogP contribution in [0.2, 0.25) is 0 Å². The average molecular weight is 728 g/mol. The van der Waals surface area contributed by atoms with Crippen molar-refractivity contribution in [1.82, 2.24) is 0 Å². The van der Waals surface area contributed by atoms with Gasteiger partial charge in [-0.3, -0.25) is 0 Å². The Labute approximate surface area is 328 Å². The maximum atomic E-state index is 8.38. The largest absolute Gasteiger partial charge is 0.325 e. The molecule has 0 heterocycles. The summed E-state index contributed by atoms with van der Waals surface area (Å²) in [6, 6.07) is 9.77. The first-order valence-corrected chi connectivity index (χ1v) is 23.5. The number of hydrogen-bond donors (Lipinski definition) is 3. The van der Waals surface area contributed by atoms with Crippen LogP contribution >= 0.6 is 0 Å². The van der Waals surface area contributed by atoms with Crippen LogP contribution in [0.1, 0.15) is 236 Å². The van der Waals surface area contributed by atoms with Crippen LogP contribution in [0.15, 0.2) is 43.0 Å². The predicted octanol–water partition coefficient (Wildman–Crippen LogP) is 13.9. The molecule has 0 spiro atoms. The molecule has 3 heteroatoms. The van der Waals surface area contributed by atoms with Crippen LogP contribution in [0.3, 0.4) is 0 Å². The monoisotopic (exact) mass is 728 g/mol. The van der Waals surface area contributed by atoms with Gasteiger partial charge in [0.2, 0.25) is 0 Å². The van der Waals surface area contributed by atoms with Crippen molar-refractivity contribution in [2.24, 2.45) is 22.6 Å². The first kappa shape index (κ1) is 42.7. The van der Waals surface area contributed by atoms with E-state index in [1.165, 1.54) is 184 Å². The Kier molecular flexibility index (Phi) is 16.7. The molecule has 0 saturated heterocycles. The molecule has 2 atom stereocenters. The van der Waals surface area contributed by atoms with Gasteiger partial charge in [0, 0.05) is 27.4 Å². The van der Waals surface area contributed by atoms with Gasteiger partial charge in [0.25, 0.3) is 0 Å². The van der Waals surface area contributed by atoms with Gasteiger partial charge in [0.05, 0.1) is 0 Å². The molecule has 0 radical (unpaired) electrons. The van der Waals surface area contributed by atoms with Crippen molar-refractivity contribution in [3.8, 4) is 0 Å². The molecule has 4 aliphatic carbocycles. The van der Waals surface area contributed by atoms with Gasteiger partial charge in [-0.2, -0.15) is 0 Å². The van der Waals surface area contributed by atoms with Gasteiger partial charge in [-0.25, -0.2) is 0 Å². The maximum Gasteiger partial charge on any atom is 0.0252 e. The van der Waals surface area contributed by atoms with Crippen molar-refractivity contribution < 1.29 is 0 Å². The predicted molar refractivity (Wildman–Crippen MR) is 232 cm³/mol. The molecule has 2 unspecified atom stereocenters. The number of allylic oxidation sites excluding steroid dienone is 3. The first-order valence-electron chi connectivity index (χ1n) is 23.5. The summed E-state index contributed by atoms with van der Waals surface area (Å²) in [4.78, 5) is 0. The van der Waals surface area contributed by atoms with E-state index in [0.29, 0.717) is 0 Å². The number of rotatable bonds is 6. The minimum Gasteiger partial charge on any atom is -0.325 e. The van der Waals surface area contributed by atoms with Crippen molar-refractivity contribution >= 4 is 5.57 Å². The molecule has 53 heavy (non-hydrogen) atoms. The molecule has 0 bridgehead atoms. The summed E-state index contributed by atoms with van der Waals surface area (Å²) in [5, 5.41) is 0. The van der Waals surface area contributed by atoms with Gasteiger partial charge in [0.15, 0.2) is 0 Å². The molecule has 0 amide bonds. The molecule has 4 fully saturated rings. The lowest BCUT2D eigenvalue weighted by atomic mass is 9.41. The fraction of sp³-hybridized carbons (Fsp3) is 0.800. The van der Waals surface area contributed by atoms with E-state index in [9.17, 15) is 0 Å². The molecule has 6 N–H and O–H groups in total. The van der Waals surface area contributed by atoms with E-state index >= 15 is 0 Å². The Balaban J connectivity index is 1.70. The highest BCUT2D eigenvalue weighted by atomic mass is 14.9. The molecular formula is C50H85N3. The maximum absolute atomic E-state index is 8.38. The van der Waals surface area contributed by atoms with E-state index in [0.717, 1.165) is 51.4 Å². The summed E-state index contributed by atoms with van der Waals surface area (Å²) in [6.07, 6.45) is 47.4. The molecule has 1 aromatic rings. The topological polar surface area (TPSA) is 78.1 Å². The van der Waals surface area contributed by atoms with Gasteiger partial charge < -0.3 is 17.2 Å². The van der Waals surface area contributed by atoms with Crippen LogP contribution in [0.25, 0.3) is 5.57 Å². The van der Waals surface area contributed by atoms with Gasteiger partial charge in [0.1, 0.15) is 0 Å². The summed E-state index contributed by atoms with van der Waals surface area (Å²) in [5.41, 5.74) is 27.8. The second kappa shape index (κ2) is 20.7. The number of hydrogen-bond acceptors (Lipinski definition) is 3. The molecule has 4 saturated carbocycles. The normalized spacial score (nSPS) is 30.8. The van der Waals surface area contributed by atoms with E-state index in [1.807, 2.05) is 6.08 Å². The van der Waals surface area contributed by atoms with Gasteiger partial charge >= 0.3 is 0 Å². The summed E-state index contributed by atoms with van der Waals surface area (Å²) in [5.74, 6) is 0. The van der Waals surface area contributed by atoms with Crippen molar-refractivity contribution in [2.45, 2.75) is 247 Å². The first-order chi connectivity index (χ1) is 25.8. The fourth-order valence-corrected chi connectivity index (χ4v) is 12.7. The molecular weight excluding hydrogens is 643 g/mol. The quantitative estimate of drug-likeness (QED) is 0.255. The molecule has 4 aliphatic rings. The fourth-order valence-electron chi connectivity index (χ4n) is 12.7. The SMILES string of the molecule is C=C/C(=C\C)c1ccc(C2(C3(N)CCCCCCCCCC3)CCCC(C3(N)CCCCCCCCCCC3)(C3(N)CCCCCCCCC3)C2)cc1. The van der Waals surface area contributed by atoms with Crippen molar-refractivity contribution in [3.05, 3.63) is 54.1 Å². The highest BCUT2D eigenvalue weighted by molar-refractivity contribution is 5.73. The zero-order chi connectivity index (χ0) is 37.5. The van der Waals surface area contributed by atoms with Crippen LogP contribution in [0, 0.1) is 5.41 Å². The number of benzene rings is 1. The molecule has 0 aromatic heterocycles. The number of nitrogens with two attached hydrogens (primary N) is 3. The van der Waals surface area contributed by atoms with E-state index in [2.05, 4.69) is 43.8 Å². The van der Waals surface area contributed by atoms with Crippen LogP contribution in [-0.2, 0) is 5.41 Å². The Hall–Kier alpha value is -1.42. The van der Waals surface area contributed by atoms with Crippen LogP contribution in [-0.4, -0.2) is 16.6 Å². The minimum absolute atomic E-state index is 0.144. The second-order valence-corrected chi connectivity index (χ2v) is 19.2. The van der Waals surface area contributed by atoms with Gasteiger partial charge in [-0.05, 0) is 81.4 Å². The van der Waals surface area contributed by atoms with Crippen molar-refractivity contribution in [2.75, 3.05) is 0 Å². The Morgan fingerprint density at radius 1 is 0.453 bits per heavy atom. The molecule has 300 valence electrons. The van der Waals surface area contributed by atoms with Crippen LogP contribution < -0.4 is 17.2 Å². The zero-order valence-electron chi connectivity index (χ0n) is 34.9. The Bertz CT molecular complexity index is 1210. The lowest BCUT2D eigenvalue weighted by molar-refractivity contribution is -0.0827. The van der Waals surface area contributed by atoms with E-state index in [-0.39, 0.29) is 27.4 Å². The second-order valence-electron chi connectivity index (χ2n) is 19.2. The molecule has 3 nitrogen and oxygen atoms in total. The average Bonchev–Trinajstić information content (AvgIpc) is 3.22. The van der Waals surface area contributed by atoms with Gasteiger partial charge in [-0.1, -0.05) is 204 Å². The summed E-state index contributed by atoms with van der Waals surface area (Å²) in [6.45, 7) is 6.28. The van der Waals surface area contributed by atoms with Gasteiger partial charge in [-0.15, -0.1) is 0 Å². The van der Waals surface area contributed by atoms with Crippen molar-refractivity contribution in [3.63, 3.8) is 0 Å². The third-order valence-electron chi connectivity index (χ3n) is 16.0. The highest BCUT2D eigenvalue weighted by Crippen LogP contribution is 2.64.